The van der Waals surface area contributed by atoms with E-state index >= 15 is 0 Å². The molecule has 1 aromatic carbocycles. The third kappa shape index (κ3) is 3.30. The Morgan fingerprint density at radius 3 is 2.39 bits per heavy atom. The monoisotopic (exact) mass is 327 g/mol. The molecule has 0 saturated carbocycles. The topological polar surface area (TPSA) is 51.8 Å². The van der Waals surface area contributed by atoms with E-state index in [0.29, 0.717) is 0 Å². The molecule has 0 bridgehead atoms. The van der Waals surface area contributed by atoms with Crippen LogP contribution in [0, 0.1) is 12.7 Å². The molecule has 3 rings (SSSR count). The van der Waals surface area contributed by atoms with Crippen LogP contribution in [0.4, 0.5) is 17.6 Å². The first-order valence-corrected chi connectivity index (χ1v) is 6.82. The third-order valence-electron chi connectivity index (χ3n) is 3.03. The van der Waals surface area contributed by atoms with Gasteiger partial charge in [-0.05, 0) is 46.6 Å². The Kier molecular flexibility index (Phi) is 4.63. The predicted octanol–water partition coefficient (Wildman–Crippen LogP) is 4.78. The number of alkyl halides is 3. The van der Waals surface area contributed by atoms with Crippen molar-refractivity contribution in [1.82, 2.24) is 15.3 Å². The smallest absolute Gasteiger partial charge is 0.242 e. The second-order valence-corrected chi connectivity index (χ2v) is 4.48. The van der Waals surface area contributed by atoms with Gasteiger partial charge in [0, 0.05) is 11.8 Å². The van der Waals surface area contributed by atoms with E-state index in [9.17, 15) is 17.6 Å². The van der Waals surface area contributed by atoms with Crippen LogP contribution in [0.2, 0.25) is 0 Å². The van der Waals surface area contributed by atoms with Gasteiger partial charge in [-0.3, -0.25) is 0 Å². The van der Waals surface area contributed by atoms with E-state index in [2.05, 4.69) is 19.9 Å². The lowest BCUT2D eigenvalue weighted by Gasteiger charge is -2.14. The molecule has 23 heavy (non-hydrogen) atoms. The number of nitrogens with zero attached hydrogens (tertiary/aromatic N) is 3. The van der Waals surface area contributed by atoms with Crippen molar-refractivity contribution in [3.63, 3.8) is 0 Å². The molecule has 0 N–H and O–H groups in total. The molecule has 0 radical (unpaired) electrons. The van der Waals surface area contributed by atoms with Gasteiger partial charge in [0.2, 0.25) is 5.65 Å². The van der Waals surface area contributed by atoms with E-state index in [1.165, 1.54) is 19.2 Å². The number of benzene rings is 1. The normalized spacial score (nSPS) is 11.3. The minimum absolute atomic E-state index is 0.0804. The molecule has 2 aromatic heterocycles. The number of hydrogen-bond acceptors (Lipinski definition) is 4. The number of halogens is 4. The molecule has 0 saturated heterocycles. The first-order valence-electron chi connectivity index (χ1n) is 6.82. The molecule has 0 atom stereocenters. The van der Waals surface area contributed by atoms with Crippen LogP contribution in [0.25, 0.3) is 22.3 Å². The first kappa shape index (κ1) is 16.9. The molecule has 8 heteroatoms. The lowest BCUT2D eigenvalue weighted by molar-refractivity contribution is -0.137. The van der Waals surface area contributed by atoms with E-state index < -0.39 is 17.6 Å². The van der Waals surface area contributed by atoms with Gasteiger partial charge in [0.05, 0.1) is 5.56 Å². The van der Waals surface area contributed by atoms with Crippen LogP contribution in [-0.4, -0.2) is 15.3 Å². The molecule has 4 nitrogen and oxygen atoms in total. The van der Waals surface area contributed by atoms with Crippen molar-refractivity contribution < 1.29 is 22.2 Å². The van der Waals surface area contributed by atoms with Crippen molar-refractivity contribution in [2.24, 2.45) is 0 Å². The van der Waals surface area contributed by atoms with Gasteiger partial charge < -0.3 is 0 Å². The van der Waals surface area contributed by atoms with E-state index in [0.717, 1.165) is 12.1 Å². The highest BCUT2D eigenvalue weighted by Crippen LogP contribution is 2.38. The zero-order chi connectivity index (χ0) is 17.2. The predicted molar refractivity (Wildman–Crippen MR) is 76.1 cm³/mol. The summed E-state index contributed by atoms with van der Waals surface area (Å²) in [5, 5.41) is 6.98. The fourth-order valence-corrected chi connectivity index (χ4v) is 1.99. The molecule has 0 aliphatic carbocycles. The number of aromatic nitrogens is 3. The molecule has 0 unspecified atom stereocenters. The molecular weight excluding hydrogens is 314 g/mol. The van der Waals surface area contributed by atoms with Gasteiger partial charge in [-0.2, -0.15) is 13.2 Å². The number of rotatable bonds is 1. The summed E-state index contributed by atoms with van der Waals surface area (Å²) >= 11 is 0. The van der Waals surface area contributed by atoms with Crippen LogP contribution in [-0.2, 0) is 6.18 Å². The summed E-state index contributed by atoms with van der Waals surface area (Å²) in [5.74, 6) is -0.726. The van der Waals surface area contributed by atoms with Crippen LogP contribution in [0.15, 0.2) is 29.0 Å². The minimum Gasteiger partial charge on any atom is -0.242 e. The van der Waals surface area contributed by atoms with Crippen LogP contribution >= 0.6 is 0 Å². The molecular formula is C15H13F4N3O. The summed E-state index contributed by atoms with van der Waals surface area (Å²) in [4.78, 5) is 3.84. The lowest BCUT2D eigenvalue weighted by atomic mass is 9.98. The summed E-state index contributed by atoms with van der Waals surface area (Å²) in [6.07, 6.45) is -3.43. The Labute approximate surface area is 129 Å². The van der Waals surface area contributed by atoms with E-state index in [4.69, 9.17) is 0 Å². The summed E-state index contributed by atoms with van der Waals surface area (Å²) < 4.78 is 57.4. The van der Waals surface area contributed by atoms with Gasteiger partial charge in [-0.15, -0.1) is 0 Å². The van der Waals surface area contributed by atoms with Crippen molar-refractivity contribution in [3.05, 3.63) is 41.3 Å². The SMILES string of the molecule is CC.Cc1cc(C(F)(F)F)c(-c2cnc3nonc3c2)cc1F. The highest BCUT2D eigenvalue weighted by atomic mass is 19.4. The molecule has 122 valence electrons. The van der Waals surface area contributed by atoms with Crippen LogP contribution in [0.5, 0.6) is 0 Å². The van der Waals surface area contributed by atoms with Crippen molar-refractivity contribution in [2.75, 3.05) is 0 Å². The summed E-state index contributed by atoms with van der Waals surface area (Å²) in [6.45, 7) is 5.28. The second-order valence-electron chi connectivity index (χ2n) is 4.48. The minimum atomic E-state index is -4.61. The summed E-state index contributed by atoms with van der Waals surface area (Å²) in [7, 11) is 0. The zero-order valence-corrected chi connectivity index (χ0v) is 12.6. The van der Waals surface area contributed by atoms with Crippen molar-refractivity contribution in [3.8, 4) is 11.1 Å². The third-order valence-corrected chi connectivity index (χ3v) is 3.03. The number of fused-ring (bicyclic) bond motifs is 1. The Morgan fingerprint density at radius 1 is 1.04 bits per heavy atom. The van der Waals surface area contributed by atoms with E-state index in [1.807, 2.05) is 13.8 Å². The molecule has 0 fully saturated rings. The standard InChI is InChI=1S/C13H7F4N3O.C2H6/c1-6-2-9(13(15,16)17)8(4-10(6)14)7-3-11-12(18-5-7)20-21-19-11;1-2/h2-5H,1H3;1-2H3. The quantitative estimate of drug-likeness (QED) is 0.604. The maximum Gasteiger partial charge on any atom is 0.417 e. The molecule has 3 aromatic rings. The van der Waals surface area contributed by atoms with Crippen LogP contribution in [0.3, 0.4) is 0 Å². The highest BCUT2D eigenvalue weighted by Gasteiger charge is 2.34. The van der Waals surface area contributed by atoms with Crippen molar-refractivity contribution in [2.45, 2.75) is 26.9 Å². The van der Waals surface area contributed by atoms with E-state index in [-0.39, 0.29) is 27.9 Å². The van der Waals surface area contributed by atoms with Crippen LogP contribution in [0.1, 0.15) is 25.0 Å². The molecule has 0 aliphatic rings. The number of hydrogen-bond donors (Lipinski definition) is 0. The molecule has 0 spiro atoms. The average molecular weight is 327 g/mol. The zero-order valence-electron chi connectivity index (χ0n) is 12.6. The van der Waals surface area contributed by atoms with Crippen LogP contribution < -0.4 is 0 Å². The second kappa shape index (κ2) is 6.31. The fourth-order valence-electron chi connectivity index (χ4n) is 1.99. The highest BCUT2D eigenvalue weighted by molar-refractivity contribution is 5.78. The van der Waals surface area contributed by atoms with Crippen molar-refractivity contribution >= 4 is 11.2 Å². The molecule has 0 aliphatic heterocycles. The van der Waals surface area contributed by atoms with Gasteiger partial charge in [-0.25, -0.2) is 14.0 Å². The van der Waals surface area contributed by atoms with Gasteiger partial charge in [0.15, 0.2) is 5.52 Å². The Balaban J connectivity index is 0.000000924. The van der Waals surface area contributed by atoms with E-state index in [1.54, 1.807) is 0 Å². The summed E-state index contributed by atoms with van der Waals surface area (Å²) in [6, 6.07) is 2.93. The van der Waals surface area contributed by atoms with Gasteiger partial charge >= 0.3 is 6.18 Å². The largest absolute Gasteiger partial charge is 0.417 e. The number of aryl methyl sites for hydroxylation is 1. The average Bonchev–Trinajstić information content (AvgIpc) is 2.98. The Hall–Kier alpha value is -2.51. The molecule has 2 heterocycles. The summed E-state index contributed by atoms with van der Waals surface area (Å²) in [5.41, 5.74) is -0.865. The van der Waals surface area contributed by atoms with Gasteiger partial charge in [-0.1, -0.05) is 13.8 Å². The Bertz CT molecular complexity index is 827. The molecule has 0 amide bonds. The van der Waals surface area contributed by atoms with Crippen molar-refractivity contribution in [1.29, 1.82) is 0 Å². The first-order chi connectivity index (χ1) is 10.9. The van der Waals surface area contributed by atoms with Gasteiger partial charge in [0.1, 0.15) is 5.82 Å². The fraction of sp³-hybridized carbons (Fsp3) is 0.267. The maximum atomic E-state index is 13.7. The van der Waals surface area contributed by atoms with Gasteiger partial charge in [0.25, 0.3) is 0 Å². The maximum absolute atomic E-state index is 13.7. The number of pyridine rings is 1. The lowest BCUT2D eigenvalue weighted by Crippen LogP contribution is -2.08. The Morgan fingerprint density at radius 2 is 1.74 bits per heavy atom.